The lowest BCUT2D eigenvalue weighted by Crippen LogP contribution is -2.20. The van der Waals surface area contributed by atoms with Gasteiger partial charge in [0.25, 0.3) is 0 Å². The molecule has 0 bridgehead atoms. The molecule has 1 atom stereocenters. The van der Waals surface area contributed by atoms with Crippen LogP contribution in [-0.4, -0.2) is 38.9 Å². The van der Waals surface area contributed by atoms with Crippen molar-refractivity contribution in [2.24, 2.45) is 7.05 Å². The van der Waals surface area contributed by atoms with Crippen LogP contribution in [0.25, 0.3) is 11.0 Å². The SMILES string of the molecule is CC(=O)c1ccc(OCC(O)CSc2nc3ccccc3n2C)cc1. The number of aliphatic hydroxyl groups is 1. The molecule has 0 saturated heterocycles. The van der Waals surface area contributed by atoms with E-state index in [-0.39, 0.29) is 12.4 Å². The Hall–Kier alpha value is -2.31. The number of carbonyl (C=O) groups excluding carboxylic acids is 1. The van der Waals surface area contributed by atoms with Gasteiger partial charge in [0.05, 0.1) is 17.1 Å². The Morgan fingerprint density at radius 2 is 1.96 bits per heavy atom. The van der Waals surface area contributed by atoms with Crippen LogP contribution in [-0.2, 0) is 7.05 Å². The van der Waals surface area contributed by atoms with Gasteiger partial charge in [-0.25, -0.2) is 4.98 Å². The van der Waals surface area contributed by atoms with Gasteiger partial charge in [0, 0.05) is 18.4 Å². The van der Waals surface area contributed by atoms with E-state index in [9.17, 15) is 9.90 Å². The number of thioether (sulfide) groups is 1. The maximum atomic E-state index is 11.2. The molecule has 1 N–H and O–H groups in total. The smallest absolute Gasteiger partial charge is 0.168 e. The zero-order valence-electron chi connectivity index (χ0n) is 14.2. The molecule has 0 saturated carbocycles. The number of hydrogen-bond donors (Lipinski definition) is 1. The molecular formula is C19H20N2O3S. The van der Waals surface area contributed by atoms with Gasteiger partial charge in [-0.3, -0.25) is 4.79 Å². The van der Waals surface area contributed by atoms with E-state index in [0.717, 1.165) is 16.2 Å². The van der Waals surface area contributed by atoms with Crippen molar-refractivity contribution in [1.29, 1.82) is 0 Å². The minimum absolute atomic E-state index is 0.0189. The molecule has 1 heterocycles. The molecule has 0 fully saturated rings. The van der Waals surface area contributed by atoms with Gasteiger partial charge in [-0.2, -0.15) is 0 Å². The fourth-order valence-corrected chi connectivity index (χ4v) is 3.34. The number of Topliss-reactive ketones (excluding diaryl/α,β-unsaturated/α-hetero) is 1. The van der Waals surface area contributed by atoms with Crippen LogP contribution < -0.4 is 4.74 Å². The van der Waals surface area contributed by atoms with E-state index < -0.39 is 6.10 Å². The Bertz CT molecular complexity index is 874. The van der Waals surface area contributed by atoms with Gasteiger partial charge in [-0.15, -0.1) is 0 Å². The molecule has 0 spiro atoms. The summed E-state index contributed by atoms with van der Waals surface area (Å²) < 4.78 is 7.60. The van der Waals surface area contributed by atoms with Crippen molar-refractivity contribution in [2.45, 2.75) is 18.2 Å². The van der Waals surface area contributed by atoms with Gasteiger partial charge < -0.3 is 14.4 Å². The summed E-state index contributed by atoms with van der Waals surface area (Å²) in [5.74, 6) is 1.14. The summed E-state index contributed by atoms with van der Waals surface area (Å²) in [6, 6.07) is 14.9. The molecule has 1 aromatic heterocycles. The minimum atomic E-state index is -0.614. The molecule has 3 rings (SSSR count). The summed E-state index contributed by atoms with van der Waals surface area (Å²) in [7, 11) is 1.97. The molecule has 25 heavy (non-hydrogen) atoms. The van der Waals surface area contributed by atoms with E-state index in [1.54, 1.807) is 24.3 Å². The fraction of sp³-hybridized carbons (Fsp3) is 0.263. The Morgan fingerprint density at radius 1 is 1.24 bits per heavy atom. The first-order valence-corrected chi connectivity index (χ1v) is 8.99. The van der Waals surface area contributed by atoms with Crippen LogP contribution in [0.4, 0.5) is 0 Å². The lowest BCUT2D eigenvalue weighted by Gasteiger charge is -2.12. The predicted molar refractivity (Wildman–Crippen MR) is 99.4 cm³/mol. The second-order valence-corrected chi connectivity index (χ2v) is 6.79. The molecule has 0 aliphatic rings. The Morgan fingerprint density at radius 3 is 2.64 bits per heavy atom. The number of ether oxygens (including phenoxy) is 1. The standard InChI is InChI=1S/C19H20N2O3S/c1-13(22)14-7-9-16(10-8-14)24-11-15(23)12-25-19-20-17-5-3-4-6-18(17)21(19)2/h3-10,15,23H,11-12H2,1-2H3. The van der Waals surface area contributed by atoms with Crippen LogP contribution in [0.2, 0.25) is 0 Å². The highest BCUT2D eigenvalue weighted by molar-refractivity contribution is 7.99. The summed E-state index contributed by atoms with van der Waals surface area (Å²) in [4.78, 5) is 15.8. The van der Waals surface area contributed by atoms with E-state index in [4.69, 9.17) is 4.74 Å². The molecule has 5 nitrogen and oxygen atoms in total. The van der Waals surface area contributed by atoms with E-state index in [1.165, 1.54) is 18.7 Å². The van der Waals surface area contributed by atoms with Crippen molar-refractivity contribution in [3.8, 4) is 5.75 Å². The topological polar surface area (TPSA) is 64.3 Å². The summed E-state index contributed by atoms with van der Waals surface area (Å²) in [5.41, 5.74) is 2.66. The molecular weight excluding hydrogens is 336 g/mol. The van der Waals surface area contributed by atoms with Crippen LogP contribution in [0.5, 0.6) is 5.75 Å². The summed E-state index contributed by atoms with van der Waals surface area (Å²) in [6.45, 7) is 1.72. The van der Waals surface area contributed by atoms with E-state index in [0.29, 0.717) is 17.1 Å². The number of rotatable bonds is 7. The lowest BCUT2D eigenvalue weighted by molar-refractivity contribution is 0.101. The van der Waals surface area contributed by atoms with Crippen LogP contribution >= 0.6 is 11.8 Å². The third-order valence-corrected chi connectivity index (χ3v) is 5.03. The van der Waals surface area contributed by atoms with Crippen LogP contribution in [0, 0.1) is 0 Å². The normalized spacial score (nSPS) is 12.3. The van der Waals surface area contributed by atoms with E-state index in [2.05, 4.69) is 4.98 Å². The summed E-state index contributed by atoms with van der Waals surface area (Å²) in [5, 5.41) is 11.0. The average Bonchev–Trinajstić information content (AvgIpc) is 2.95. The molecule has 3 aromatic rings. The van der Waals surface area contributed by atoms with Gasteiger partial charge in [0.1, 0.15) is 12.4 Å². The number of fused-ring (bicyclic) bond motifs is 1. The van der Waals surface area contributed by atoms with Crippen molar-refractivity contribution in [3.05, 3.63) is 54.1 Å². The number of para-hydroxylation sites is 2. The van der Waals surface area contributed by atoms with E-state index in [1.807, 2.05) is 35.9 Å². The summed E-state index contributed by atoms with van der Waals surface area (Å²) in [6.07, 6.45) is -0.614. The Balaban J connectivity index is 1.53. The van der Waals surface area contributed by atoms with Gasteiger partial charge in [0.2, 0.25) is 0 Å². The number of ketones is 1. The van der Waals surface area contributed by atoms with Crippen LogP contribution in [0.15, 0.2) is 53.7 Å². The molecule has 0 amide bonds. The highest BCUT2D eigenvalue weighted by Crippen LogP contribution is 2.23. The first-order chi connectivity index (χ1) is 12.0. The lowest BCUT2D eigenvalue weighted by atomic mass is 10.1. The number of hydrogen-bond acceptors (Lipinski definition) is 5. The molecule has 0 aliphatic carbocycles. The van der Waals surface area contributed by atoms with Gasteiger partial charge in [-0.05, 0) is 43.3 Å². The fourth-order valence-electron chi connectivity index (χ4n) is 2.45. The number of aryl methyl sites for hydroxylation is 1. The molecule has 2 aromatic carbocycles. The van der Waals surface area contributed by atoms with Crippen LogP contribution in [0.1, 0.15) is 17.3 Å². The molecule has 1 unspecified atom stereocenters. The van der Waals surface area contributed by atoms with Gasteiger partial charge >= 0.3 is 0 Å². The summed E-state index contributed by atoms with van der Waals surface area (Å²) >= 11 is 1.50. The number of carbonyl (C=O) groups is 1. The van der Waals surface area contributed by atoms with Gasteiger partial charge in [0.15, 0.2) is 10.9 Å². The average molecular weight is 356 g/mol. The number of benzene rings is 2. The first-order valence-electron chi connectivity index (χ1n) is 8.00. The van der Waals surface area contributed by atoms with Crippen molar-refractivity contribution < 1.29 is 14.6 Å². The zero-order chi connectivity index (χ0) is 17.8. The second kappa shape index (κ2) is 7.72. The largest absolute Gasteiger partial charge is 0.491 e. The number of nitrogens with zero attached hydrogens (tertiary/aromatic N) is 2. The van der Waals surface area contributed by atoms with Crippen LogP contribution in [0.3, 0.4) is 0 Å². The third kappa shape index (κ3) is 4.21. The van der Waals surface area contributed by atoms with Crippen molar-refractivity contribution in [3.63, 3.8) is 0 Å². The predicted octanol–water partition coefficient (Wildman–Crippen LogP) is 3.31. The number of imidazole rings is 1. The van der Waals surface area contributed by atoms with E-state index >= 15 is 0 Å². The monoisotopic (exact) mass is 356 g/mol. The minimum Gasteiger partial charge on any atom is -0.491 e. The number of aliphatic hydroxyl groups excluding tert-OH is 1. The molecule has 6 heteroatoms. The zero-order valence-corrected chi connectivity index (χ0v) is 15.0. The Kier molecular flexibility index (Phi) is 5.40. The maximum Gasteiger partial charge on any atom is 0.168 e. The highest BCUT2D eigenvalue weighted by Gasteiger charge is 2.12. The van der Waals surface area contributed by atoms with Crippen molar-refractivity contribution in [2.75, 3.05) is 12.4 Å². The third-order valence-electron chi connectivity index (χ3n) is 3.85. The second-order valence-electron chi connectivity index (χ2n) is 5.80. The Labute approximate surface area is 150 Å². The molecule has 0 radical (unpaired) electrons. The highest BCUT2D eigenvalue weighted by atomic mass is 32.2. The van der Waals surface area contributed by atoms with Gasteiger partial charge in [-0.1, -0.05) is 23.9 Å². The van der Waals surface area contributed by atoms with Crippen molar-refractivity contribution >= 4 is 28.6 Å². The molecule has 130 valence electrons. The maximum absolute atomic E-state index is 11.2. The first kappa shape index (κ1) is 17.5. The van der Waals surface area contributed by atoms with Crippen molar-refractivity contribution in [1.82, 2.24) is 9.55 Å². The molecule has 0 aliphatic heterocycles. The number of aromatic nitrogens is 2. The quantitative estimate of drug-likeness (QED) is 0.520.